The number of nitro benzene ring substituents is 1. The zero-order valence-electron chi connectivity index (χ0n) is 13.7. The van der Waals surface area contributed by atoms with Crippen molar-refractivity contribution >= 4 is 11.4 Å². The van der Waals surface area contributed by atoms with E-state index in [4.69, 9.17) is 0 Å². The molecule has 1 saturated heterocycles. The number of benzene rings is 2. The average molecular weight is 366 g/mol. The number of nitrogens with zero attached hydrogens (tertiary/aromatic N) is 2. The van der Waals surface area contributed by atoms with E-state index in [1.165, 1.54) is 6.07 Å². The largest absolute Gasteiger partial charge is 0.508 e. The molecule has 8 heteroatoms. The van der Waals surface area contributed by atoms with Gasteiger partial charge in [0.1, 0.15) is 11.4 Å². The van der Waals surface area contributed by atoms with Crippen LogP contribution in [0.4, 0.5) is 24.5 Å². The second kappa shape index (κ2) is 6.86. The number of phenolic OH excluding ortho intramolecular Hbond substituents is 1. The molecule has 0 saturated carbocycles. The molecule has 0 unspecified atom stereocenters. The highest BCUT2D eigenvalue weighted by Crippen LogP contribution is 2.38. The Hall–Kier alpha value is -2.77. The van der Waals surface area contributed by atoms with E-state index in [-0.39, 0.29) is 17.4 Å². The summed E-state index contributed by atoms with van der Waals surface area (Å²) in [5.74, 6) is 0.437. The zero-order valence-corrected chi connectivity index (χ0v) is 13.7. The van der Waals surface area contributed by atoms with E-state index < -0.39 is 22.4 Å². The smallest absolute Gasteiger partial charge is 0.416 e. The minimum absolute atomic E-state index is 0.187. The van der Waals surface area contributed by atoms with Crippen molar-refractivity contribution in [3.05, 3.63) is 63.7 Å². The van der Waals surface area contributed by atoms with Crippen molar-refractivity contribution in [1.29, 1.82) is 0 Å². The van der Waals surface area contributed by atoms with Crippen LogP contribution in [0.3, 0.4) is 0 Å². The van der Waals surface area contributed by atoms with Crippen LogP contribution < -0.4 is 4.90 Å². The number of nitro groups is 1. The van der Waals surface area contributed by atoms with E-state index in [1.54, 1.807) is 17.0 Å². The summed E-state index contributed by atoms with van der Waals surface area (Å²) < 4.78 is 38.5. The molecule has 1 heterocycles. The highest BCUT2D eigenvalue weighted by Gasteiger charge is 2.34. The van der Waals surface area contributed by atoms with Crippen LogP contribution in [0.2, 0.25) is 0 Å². The molecule has 1 aliphatic rings. The van der Waals surface area contributed by atoms with E-state index >= 15 is 0 Å². The van der Waals surface area contributed by atoms with Crippen LogP contribution in [0, 0.1) is 10.1 Å². The fourth-order valence-corrected chi connectivity index (χ4v) is 3.31. The molecule has 1 N–H and O–H groups in total. The van der Waals surface area contributed by atoms with Gasteiger partial charge in [0, 0.05) is 19.2 Å². The van der Waals surface area contributed by atoms with Gasteiger partial charge in [-0.1, -0.05) is 12.1 Å². The lowest BCUT2D eigenvalue weighted by Gasteiger charge is -2.33. The monoisotopic (exact) mass is 366 g/mol. The molecule has 1 fully saturated rings. The fourth-order valence-electron chi connectivity index (χ4n) is 3.31. The van der Waals surface area contributed by atoms with Crippen molar-refractivity contribution in [2.45, 2.75) is 24.9 Å². The molecule has 0 amide bonds. The zero-order chi connectivity index (χ0) is 18.9. The lowest BCUT2D eigenvalue weighted by atomic mass is 9.89. The number of alkyl halides is 3. The number of anilines is 1. The molecule has 3 rings (SSSR count). The number of rotatable bonds is 3. The first-order chi connectivity index (χ1) is 12.3. The Kier molecular flexibility index (Phi) is 4.76. The van der Waals surface area contributed by atoms with Crippen LogP contribution in [0.5, 0.6) is 5.75 Å². The topological polar surface area (TPSA) is 66.6 Å². The summed E-state index contributed by atoms with van der Waals surface area (Å²) in [6, 6.07) is 9.58. The van der Waals surface area contributed by atoms with Crippen molar-refractivity contribution in [3.8, 4) is 5.75 Å². The van der Waals surface area contributed by atoms with Crippen molar-refractivity contribution in [2.75, 3.05) is 18.0 Å². The normalized spacial score (nSPS) is 15.9. The Balaban J connectivity index is 1.78. The maximum absolute atomic E-state index is 12.8. The van der Waals surface area contributed by atoms with Crippen LogP contribution in [-0.2, 0) is 6.18 Å². The van der Waals surface area contributed by atoms with Gasteiger partial charge in [-0.15, -0.1) is 0 Å². The first-order valence-electron chi connectivity index (χ1n) is 8.15. The molecule has 1 aliphatic heterocycles. The molecule has 5 nitrogen and oxygen atoms in total. The predicted octanol–water partition coefficient (Wildman–Crippen LogP) is 4.70. The van der Waals surface area contributed by atoms with Crippen LogP contribution >= 0.6 is 0 Å². The number of halogens is 3. The lowest BCUT2D eigenvalue weighted by Crippen LogP contribution is -2.33. The van der Waals surface area contributed by atoms with Gasteiger partial charge in [-0.25, -0.2) is 0 Å². The summed E-state index contributed by atoms with van der Waals surface area (Å²) >= 11 is 0. The summed E-state index contributed by atoms with van der Waals surface area (Å²) in [6.07, 6.45) is -3.17. The molecule has 26 heavy (non-hydrogen) atoms. The molecule has 2 aromatic carbocycles. The number of hydrogen-bond donors (Lipinski definition) is 1. The SMILES string of the molecule is O=[N+]([O-])c1cc(C(F)(F)F)ccc1N1CCC(c2ccc(O)cc2)CC1. The summed E-state index contributed by atoms with van der Waals surface area (Å²) in [6.45, 7) is 1.02. The van der Waals surface area contributed by atoms with E-state index in [0.29, 0.717) is 19.2 Å². The number of aromatic hydroxyl groups is 1. The number of hydrogen-bond acceptors (Lipinski definition) is 4. The van der Waals surface area contributed by atoms with Gasteiger partial charge in [0.15, 0.2) is 0 Å². The summed E-state index contributed by atoms with van der Waals surface area (Å²) in [5, 5.41) is 20.6. The molecule has 0 aliphatic carbocycles. The minimum atomic E-state index is -4.62. The molecular formula is C18H17F3N2O3. The third-order valence-corrected chi connectivity index (χ3v) is 4.70. The first kappa shape index (κ1) is 18.0. The fraction of sp³-hybridized carbons (Fsp3) is 0.333. The Bertz CT molecular complexity index is 798. The van der Waals surface area contributed by atoms with Gasteiger partial charge in [-0.2, -0.15) is 13.2 Å². The van der Waals surface area contributed by atoms with Crippen LogP contribution in [0.1, 0.15) is 29.9 Å². The van der Waals surface area contributed by atoms with E-state index in [9.17, 15) is 28.4 Å². The van der Waals surface area contributed by atoms with Crippen LogP contribution in [0.15, 0.2) is 42.5 Å². The maximum Gasteiger partial charge on any atom is 0.416 e. The summed E-state index contributed by atoms with van der Waals surface area (Å²) in [5.41, 5.74) is -0.258. The minimum Gasteiger partial charge on any atom is -0.508 e. The van der Waals surface area contributed by atoms with Crippen molar-refractivity contribution in [2.24, 2.45) is 0 Å². The molecule has 0 bridgehead atoms. The van der Waals surface area contributed by atoms with E-state index in [1.807, 2.05) is 12.1 Å². The highest BCUT2D eigenvalue weighted by molar-refractivity contribution is 5.65. The average Bonchev–Trinajstić information content (AvgIpc) is 2.61. The van der Waals surface area contributed by atoms with E-state index in [0.717, 1.165) is 24.5 Å². The molecule has 0 atom stereocenters. The molecule has 138 valence electrons. The van der Waals surface area contributed by atoms with Gasteiger partial charge in [0.05, 0.1) is 10.5 Å². The molecule has 0 radical (unpaired) electrons. The number of piperidine rings is 1. The molecule has 0 aromatic heterocycles. The maximum atomic E-state index is 12.8. The highest BCUT2D eigenvalue weighted by atomic mass is 19.4. The Labute approximate surface area is 147 Å². The summed E-state index contributed by atoms with van der Waals surface area (Å²) in [7, 11) is 0. The predicted molar refractivity (Wildman–Crippen MR) is 90.4 cm³/mol. The Morgan fingerprint density at radius 1 is 1.08 bits per heavy atom. The van der Waals surface area contributed by atoms with Crippen molar-refractivity contribution < 1.29 is 23.2 Å². The second-order valence-electron chi connectivity index (χ2n) is 6.31. The standard InChI is InChI=1S/C18H17F3N2O3/c19-18(20,21)14-3-6-16(17(11-14)23(25)26)22-9-7-13(8-10-22)12-1-4-15(24)5-2-12/h1-6,11,13,24H,7-10H2. The summed E-state index contributed by atoms with van der Waals surface area (Å²) in [4.78, 5) is 12.2. The van der Waals surface area contributed by atoms with Gasteiger partial charge in [-0.05, 0) is 48.6 Å². The van der Waals surface area contributed by atoms with E-state index in [2.05, 4.69) is 0 Å². The van der Waals surface area contributed by atoms with Crippen molar-refractivity contribution in [1.82, 2.24) is 0 Å². The quantitative estimate of drug-likeness (QED) is 0.631. The van der Waals surface area contributed by atoms with Crippen molar-refractivity contribution in [3.63, 3.8) is 0 Å². The molecular weight excluding hydrogens is 349 g/mol. The van der Waals surface area contributed by atoms with Crippen LogP contribution in [0.25, 0.3) is 0 Å². The van der Waals surface area contributed by atoms with Gasteiger partial charge in [-0.3, -0.25) is 10.1 Å². The van der Waals surface area contributed by atoms with Crippen LogP contribution in [-0.4, -0.2) is 23.1 Å². The third-order valence-electron chi connectivity index (χ3n) is 4.70. The van der Waals surface area contributed by atoms with Gasteiger partial charge >= 0.3 is 6.18 Å². The molecule has 0 spiro atoms. The first-order valence-corrected chi connectivity index (χ1v) is 8.15. The Morgan fingerprint density at radius 2 is 1.69 bits per heavy atom. The second-order valence-corrected chi connectivity index (χ2v) is 6.31. The van der Waals surface area contributed by atoms with Gasteiger partial charge < -0.3 is 10.0 Å². The molecule has 2 aromatic rings. The lowest BCUT2D eigenvalue weighted by molar-refractivity contribution is -0.384. The van der Waals surface area contributed by atoms with Gasteiger partial charge in [0.25, 0.3) is 5.69 Å². The van der Waals surface area contributed by atoms with Gasteiger partial charge in [0.2, 0.25) is 0 Å². The third kappa shape index (κ3) is 3.74. The number of phenols is 1. The Morgan fingerprint density at radius 3 is 2.23 bits per heavy atom.